The fraction of sp³-hybridized carbons (Fsp3) is 0.154. The lowest BCUT2D eigenvalue weighted by atomic mass is 10.1. The number of hydrogen-bond donors (Lipinski definition) is 0. The van der Waals surface area contributed by atoms with Crippen LogP contribution in [0.3, 0.4) is 0 Å². The van der Waals surface area contributed by atoms with E-state index in [-0.39, 0.29) is 5.56 Å². The van der Waals surface area contributed by atoms with Crippen molar-refractivity contribution in [2.24, 2.45) is 0 Å². The predicted molar refractivity (Wildman–Crippen MR) is 68.0 cm³/mol. The van der Waals surface area contributed by atoms with Gasteiger partial charge in [-0.05, 0) is 25.1 Å². The molecule has 0 amide bonds. The Hall–Kier alpha value is -1.82. The monoisotopic (exact) mass is 280 g/mol. The number of aromatic nitrogens is 2. The lowest BCUT2D eigenvalue weighted by molar-refractivity contribution is 0.0990. The van der Waals surface area contributed by atoms with Crippen LogP contribution in [-0.2, 0) is 0 Å². The van der Waals surface area contributed by atoms with Crippen molar-refractivity contribution in [2.75, 3.05) is 0 Å². The van der Waals surface area contributed by atoms with Crippen molar-refractivity contribution >= 4 is 17.5 Å². The van der Waals surface area contributed by atoms with E-state index in [4.69, 9.17) is 0 Å². The minimum atomic E-state index is -0.855. The summed E-state index contributed by atoms with van der Waals surface area (Å²) in [7, 11) is 0. The number of ketones is 1. The smallest absolute Gasteiger partial charge is 0.188 e. The summed E-state index contributed by atoms with van der Waals surface area (Å²) in [5.41, 5.74) is -0.127. The van der Waals surface area contributed by atoms with Gasteiger partial charge in [0.15, 0.2) is 10.9 Å². The SMILES string of the molecule is CC(Sc1ncccn1)C(=O)c1ccc(F)cc1F. The maximum absolute atomic E-state index is 13.5. The fourth-order valence-corrected chi connectivity index (χ4v) is 2.26. The van der Waals surface area contributed by atoms with Gasteiger partial charge in [-0.25, -0.2) is 18.7 Å². The van der Waals surface area contributed by atoms with Crippen molar-refractivity contribution in [3.63, 3.8) is 0 Å². The molecular formula is C13H10F2N2OS. The summed E-state index contributed by atoms with van der Waals surface area (Å²) in [5.74, 6) is -1.98. The van der Waals surface area contributed by atoms with E-state index in [0.717, 1.165) is 23.9 Å². The summed E-state index contributed by atoms with van der Waals surface area (Å²) in [5, 5.41) is -0.117. The molecule has 1 unspecified atom stereocenters. The predicted octanol–water partition coefficient (Wildman–Crippen LogP) is 3.12. The van der Waals surface area contributed by atoms with Gasteiger partial charge in [0.1, 0.15) is 11.6 Å². The van der Waals surface area contributed by atoms with Gasteiger partial charge in [0.25, 0.3) is 0 Å². The molecule has 19 heavy (non-hydrogen) atoms. The first-order valence-corrected chi connectivity index (χ1v) is 6.39. The molecule has 6 heteroatoms. The number of nitrogens with zero attached hydrogens (tertiary/aromatic N) is 2. The molecule has 2 rings (SSSR count). The van der Waals surface area contributed by atoms with Crippen LogP contribution >= 0.6 is 11.8 Å². The molecule has 0 saturated heterocycles. The van der Waals surface area contributed by atoms with E-state index in [1.807, 2.05) is 0 Å². The highest BCUT2D eigenvalue weighted by molar-refractivity contribution is 8.00. The summed E-state index contributed by atoms with van der Waals surface area (Å²) < 4.78 is 26.3. The zero-order valence-electron chi connectivity index (χ0n) is 10.0. The molecule has 0 aliphatic heterocycles. The van der Waals surface area contributed by atoms with Crippen LogP contribution in [0.4, 0.5) is 8.78 Å². The molecule has 1 aromatic heterocycles. The molecule has 1 atom stereocenters. The van der Waals surface area contributed by atoms with Crippen LogP contribution in [0.5, 0.6) is 0 Å². The van der Waals surface area contributed by atoms with Crippen LogP contribution in [0.15, 0.2) is 41.8 Å². The Morgan fingerprint density at radius 2 is 1.95 bits per heavy atom. The topological polar surface area (TPSA) is 42.9 Å². The third-order valence-electron chi connectivity index (χ3n) is 2.39. The van der Waals surface area contributed by atoms with Crippen molar-refractivity contribution in [1.82, 2.24) is 9.97 Å². The summed E-state index contributed by atoms with van der Waals surface area (Å²) in [4.78, 5) is 20.0. The molecule has 0 spiro atoms. The zero-order valence-corrected chi connectivity index (χ0v) is 10.8. The molecule has 1 aromatic carbocycles. The summed E-state index contributed by atoms with van der Waals surface area (Å²) in [6.07, 6.45) is 3.12. The Bertz CT molecular complexity index is 592. The number of carbonyl (C=O) groups is 1. The molecule has 0 N–H and O–H groups in total. The van der Waals surface area contributed by atoms with Gasteiger partial charge in [0.2, 0.25) is 0 Å². The van der Waals surface area contributed by atoms with Gasteiger partial charge < -0.3 is 0 Å². The third kappa shape index (κ3) is 3.35. The van der Waals surface area contributed by atoms with E-state index >= 15 is 0 Å². The number of Topliss-reactive ketones (excluding diaryl/α,β-unsaturated/α-hetero) is 1. The van der Waals surface area contributed by atoms with Crippen LogP contribution in [0.2, 0.25) is 0 Å². The zero-order chi connectivity index (χ0) is 13.8. The average Bonchev–Trinajstić information content (AvgIpc) is 2.39. The van der Waals surface area contributed by atoms with Crippen LogP contribution in [-0.4, -0.2) is 21.0 Å². The van der Waals surface area contributed by atoms with E-state index in [0.29, 0.717) is 11.2 Å². The van der Waals surface area contributed by atoms with Gasteiger partial charge in [0.05, 0.1) is 10.8 Å². The number of rotatable bonds is 4. The lowest BCUT2D eigenvalue weighted by Crippen LogP contribution is -2.15. The van der Waals surface area contributed by atoms with Crippen molar-refractivity contribution in [2.45, 2.75) is 17.3 Å². The van der Waals surface area contributed by atoms with E-state index < -0.39 is 22.7 Å². The molecule has 0 aliphatic rings. The first kappa shape index (κ1) is 13.6. The van der Waals surface area contributed by atoms with E-state index in [1.54, 1.807) is 25.4 Å². The molecule has 1 heterocycles. The number of halogens is 2. The highest BCUT2D eigenvalue weighted by atomic mass is 32.2. The second-order valence-electron chi connectivity index (χ2n) is 3.78. The second kappa shape index (κ2) is 5.88. The molecule has 0 bridgehead atoms. The Labute approximate surface area is 113 Å². The van der Waals surface area contributed by atoms with Crippen molar-refractivity contribution in [1.29, 1.82) is 0 Å². The number of carbonyl (C=O) groups excluding carboxylic acids is 1. The van der Waals surface area contributed by atoms with Gasteiger partial charge in [-0.1, -0.05) is 11.8 Å². The van der Waals surface area contributed by atoms with Gasteiger partial charge in [-0.2, -0.15) is 0 Å². The third-order valence-corrected chi connectivity index (χ3v) is 3.38. The Morgan fingerprint density at radius 1 is 1.26 bits per heavy atom. The van der Waals surface area contributed by atoms with Crippen LogP contribution in [0.1, 0.15) is 17.3 Å². The first-order chi connectivity index (χ1) is 9.08. The standard InChI is InChI=1S/C13H10F2N2OS/c1-8(19-13-16-5-2-6-17-13)12(18)10-4-3-9(14)7-11(10)15/h2-8H,1H3. The minimum Gasteiger partial charge on any atom is -0.293 e. The Morgan fingerprint density at radius 3 is 2.58 bits per heavy atom. The molecule has 0 fully saturated rings. The second-order valence-corrected chi connectivity index (χ2v) is 5.09. The van der Waals surface area contributed by atoms with Crippen LogP contribution in [0.25, 0.3) is 0 Å². The number of benzene rings is 1. The van der Waals surface area contributed by atoms with Crippen LogP contribution < -0.4 is 0 Å². The van der Waals surface area contributed by atoms with E-state index in [2.05, 4.69) is 9.97 Å². The maximum Gasteiger partial charge on any atom is 0.188 e. The average molecular weight is 280 g/mol. The van der Waals surface area contributed by atoms with Crippen LogP contribution in [0, 0.1) is 11.6 Å². The summed E-state index contributed by atoms with van der Waals surface area (Å²) in [6, 6.07) is 4.57. The molecule has 2 aromatic rings. The number of thioether (sulfide) groups is 1. The van der Waals surface area contributed by atoms with Gasteiger partial charge in [0, 0.05) is 18.5 Å². The largest absolute Gasteiger partial charge is 0.293 e. The minimum absolute atomic E-state index is 0.127. The Balaban J connectivity index is 2.15. The van der Waals surface area contributed by atoms with E-state index in [1.165, 1.54) is 0 Å². The fourth-order valence-electron chi connectivity index (χ4n) is 1.47. The van der Waals surface area contributed by atoms with E-state index in [9.17, 15) is 13.6 Å². The highest BCUT2D eigenvalue weighted by Crippen LogP contribution is 2.23. The van der Waals surface area contributed by atoms with Crippen molar-refractivity contribution in [3.05, 3.63) is 53.9 Å². The summed E-state index contributed by atoms with van der Waals surface area (Å²) >= 11 is 1.13. The van der Waals surface area contributed by atoms with Gasteiger partial charge in [-0.3, -0.25) is 4.79 Å². The molecular weight excluding hydrogens is 270 g/mol. The van der Waals surface area contributed by atoms with Crippen molar-refractivity contribution in [3.8, 4) is 0 Å². The van der Waals surface area contributed by atoms with Crippen molar-refractivity contribution < 1.29 is 13.6 Å². The quantitative estimate of drug-likeness (QED) is 0.490. The molecule has 0 saturated carbocycles. The van der Waals surface area contributed by atoms with Gasteiger partial charge in [-0.15, -0.1) is 0 Å². The lowest BCUT2D eigenvalue weighted by Gasteiger charge is -2.09. The normalized spacial score (nSPS) is 12.2. The highest BCUT2D eigenvalue weighted by Gasteiger charge is 2.21. The molecule has 0 aliphatic carbocycles. The van der Waals surface area contributed by atoms with Gasteiger partial charge >= 0.3 is 0 Å². The Kier molecular flexibility index (Phi) is 4.21. The maximum atomic E-state index is 13.5. The molecule has 0 radical (unpaired) electrons. The molecule has 3 nitrogen and oxygen atoms in total. The molecule has 98 valence electrons. The number of hydrogen-bond acceptors (Lipinski definition) is 4. The first-order valence-electron chi connectivity index (χ1n) is 5.51. The summed E-state index contributed by atoms with van der Waals surface area (Å²) in [6.45, 7) is 1.63.